The Labute approximate surface area is 229 Å². The molecule has 10 heteroatoms. The minimum Gasteiger partial charge on any atom is -0.382 e. The molecule has 2 saturated heterocycles. The number of pyridine rings is 1. The number of fused-ring (bicyclic) bond motifs is 1. The minimum atomic E-state index is 0.235. The fraction of sp³-hybridized carbons (Fsp3) is 0.483. The van der Waals surface area contributed by atoms with E-state index in [1.807, 2.05) is 28.9 Å². The molecule has 4 aromatic heterocycles. The average molecular weight is 525 g/mol. The van der Waals surface area contributed by atoms with E-state index in [4.69, 9.17) is 4.98 Å². The summed E-state index contributed by atoms with van der Waals surface area (Å²) in [5.41, 5.74) is 5.78. The van der Waals surface area contributed by atoms with Crippen LogP contribution in [0.4, 0.5) is 5.69 Å². The normalized spacial score (nSPS) is 17.6. The summed E-state index contributed by atoms with van der Waals surface area (Å²) >= 11 is 0. The number of nitriles is 1. The van der Waals surface area contributed by atoms with Gasteiger partial charge >= 0.3 is 0 Å². The zero-order chi connectivity index (χ0) is 26.8. The van der Waals surface area contributed by atoms with E-state index in [0.29, 0.717) is 11.6 Å². The van der Waals surface area contributed by atoms with E-state index in [1.165, 1.54) is 19.4 Å². The fourth-order valence-electron chi connectivity index (χ4n) is 5.86. The van der Waals surface area contributed by atoms with Crippen LogP contribution in [0.25, 0.3) is 28.2 Å². The summed E-state index contributed by atoms with van der Waals surface area (Å²) in [6, 6.07) is 10.6. The summed E-state index contributed by atoms with van der Waals surface area (Å²) in [5.74, 6) is 0.832. The molecule has 6 rings (SSSR count). The number of nitrogens with one attached hydrogen (secondary N) is 2. The fourth-order valence-corrected chi connectivity index (χ4v) is 5.86. The predicted molar refractivity (Wildman–Crippen MR) is 151 cm³/mol. The van der Waals surface area contributed by atoms with E-state index in [1.54, 1.807) is 6.20 Å². The third-order valence-electron chi connectivity index (χ3n) is 7.93. The highest BCUT2D eigenvalue weighted by Crippen LogP contribution is 2.32. The molecular weight excluding hydrogens is 488 g/mol. The Morgan fingerprint density at radius 3 is 2.67 bits per heavy atom. The van der Waals surface area contributed by atoms with Gasteiger partial charge in [0, 0.05) is 43.1 Å². The number of hydrogen-bond acceptors (Lipinski definition) is 8. The van der Waals surface area contributed by atoms with E-state index < -0.39 is 0 Å². The van der Waals surface area contributed by atoms with Crippen LogP contribution in [0.1, 0.15) is 51.1 Å². The number of nitrogens with zero attached hydrogens (tertiary/aromatic N) is 8. The van der Waals surface area contributed by atoms with E-state index in [0.717, 1.165) is 78.8 Å². The van der Waals surface area contributed by atoms with Gasteiger partial charge in [-0.05, 0) is 82.8 Å². The van der Waals surface area contributed by atoms with Gasteiger partial charge in [-0.1, -0.05) is 5.21 Å². The lowest BCUT2D eigenvalue weighted by Crippen LogP contribution is -2.40. The first-order valence-electron chi connectivity index (χ1n) is 14.1. The second kappa shape index (κ2) is 11.1. The van der Waals surface area contributed by atoms with Crippen LogP contribution in [-0.4, -0.2) is 73.3 Å². The summed E-state index contributed by atoms with van der Waals surface area (Å²) in [4.78, 5) is 7.43. The molecule has 2 fully saturated rings. The lowest BCUT2D eigenvalue weighted by Gasteiger charge is -2.35. The van der Waals surface area contributed by atoms with Crippen LogP contribution in [0, 0.1) is 17.2 Å². The molecule has 10 nitrogen and oxygen atoms in total. The van der Waals surface area contributed by atoms with E-state index in [2.05, 4.69) is 67.8 Å². The first kappa shape index (κ1) is 25.5. The first-order valence-corrected chi connectivity index (χ1v) is 14.1. The molecule has 0 unspecified atom stereocenters. The lowest BCUT2D eigenvalue weighted by atomic mass is 9.96. The SMILES string of the molecule is CC(C)Nc1cc(-c2ccc3cc(C#N)cnn23)ncc1-c1cn(C2CCN(CC3CCNCC3)CC2)nn1. The van der Waals surface area contributed by atoms with Gasteiger partial charge in [-0.3, -0.25) is 4.98 Å². The molecule has 0 saturated carbocycles. The molecule has 0 spiro atoms. The van der Waals surface area contributed by atoms with Crippen LogP contribution >= 0.6 is 0 Å². The van der Waals surface area contributed by atoms with Gasteiger partial charge in [0.25, 0.3) is 0 Å². The standard InChI is InChI=1S/C29H36N10/c1-20(2)34-26-14-27(29-4-3-24-13-22(15-30)16-33-39(24)29)32-17-25(26)28-19-38(36-35-28)23-7-11-37(12-8-23)18-21-5-9-31-10-6-21/h3-4,13-14,16-17,19-21,23,31H,5-12,18H2,1-2H3,(H,32,34). The zero-order valence-electron chi connectivity index (χ0n) is 22.7. The van der Waals surface area contributed by atoms with Crippen LogP contribution in [0.15, 0.2) is 42.9 Å². The van der Waals surface area contributed by atoms with Gasteiger partial charge in [0.2, 0.25) is 0 Å². The van der Waals surface area contributed by atoms with Crippen molar-refractivity contribution in [2.45, 2.75) is 51.6 Å². The number of hydrogen-bond donors (Lipinski definition) is 2. The van der Waals surface area contributed by atoms with E-state index in [9.17, 15) is 5.26 Å². The van der Waals surface area contributed by atoms with Gasteiger partial charge in [-0.25, -0.2) is 9.20 Å². The van der Waals surface area contributed by atoms with E-state index in [-0.39, 0.29) is 6.04 Å². The maximum Gasteiger partial charge on any atom is 0.116 e. The lowest BCUT2D eigenvalue weighted by molar-refractivity contribution is 0.145. The molecule has 0 amide bonds. The van der Waals surface area contributed by atoms with Gasteiger partial charge in [0.15, 0.2) is 0 Å². The van der Waals surface area contributed by atoms with Crippen LogP contribution in [0.5, 0.6) is 0 Å². The van der Waals surface area contributed by atoms with Crippen molar-refractivity contribution in [3.8, 4) is 28.7 Å². The van der Waals surface area contributed by atoms with Crippen molar-refractivity contribution >= 4 is 11.2 Å². The highest BCUT2D eigenvalue weighted by Gasteiger charge is 2.25. The average Bonchev–Trinajstić information content (AvgIpc) is 3.61. The summed E-state index contributed by atoms with van der Waals surface area (Å²) in [7, 11) is 0. The first-order chi connectivity index (χ1) is 19.1. The summed E-state index contributed by atoms with van der Waals surface area (Å²) in [6.07, 6.45) is 10.3. The molecule has 4 aromatic rings. The Hall–Kier alpha value is -3.81. The molecule has 0 radical (unpaired) electrons. The van der Waals surface area contributed by atoms with Crippen molar-refractivity contribution in [2.24, 2.45) is 5.92 Å². The summed E-state index contributed by atoms with van der Waals surface area (Å²) in [6.45, 7) is 10.0. The maximum atomic E-state index is 9.20. The van der Waals surface area contributed by atoms with Crippen molar-refractivity contribution in [1.82, 2.24) is 39.8 Å². The molecule has 39 heavy (non-hydrogen) atoms. The second-order valence-corrected chi connectivity index (χ2v) is 11.1. The van der Waals surface area contributed by atoms with Crippen molar-refractivity contribution in [3.05, 3.63) is 48.4 Å². The third kappa shape index (κ3) is 5.51. The molecule has 0 aliphatic carbocycles. The van der Waals surface area contributed by atoms with Gasteiger partial charge in [0.05, 0.1) is 40.9 Å². The monoisotopic (exact) mass is 524 g/mol. The van der Waals surface area contributed by atoms with Gasteiger partial charge < -0.3 is 15.5 Å². The molecule has 0 atom stereocenters. The number of piperidine rings is 2. The number of aromatic nitrogens is 6. The topological polar surface area (TPSA) is 112 Å². The number of likely N-dealkylation sites (tertiary alicyclic amines) is 1. The molecule has 2 aliphatic rings. The van der Waals surface area contributed by atoms with Crippen molar-refractivity contribution in [2.75, 3.05) is 38.0 Å². The largest absolute Gasteiger partial charge is 0.382 e. The molecule has 6 heterocycles. The highest BCUT2D eigenvalue weighted by molar-refractivity contribution is 5.78. The van der Waals surface area contributed by atoms with Crippen LogP contribution in [0.3, 0.4) is 0 Å². The van der Waals surface area contributed by atoms with Crippen molar-refractivity contribution in [3.63, 3.8) is 0 Å². The van der Waals surface area contributed by atoms with E-state index >= 15 is 0 Å². The minimum absolute atomic E-state index is 0.235. The van der Waals surface area contributed by atoms with Gasteiger partial charge in [-0.15, -0.1) is 5.10 Å². The maximum absolute atomic E-state index is 9.20. The molecule has 202 valence electrons. The molecule has 2 aliphatic heterocycles. The van der Waals surface area contributed by atoms with Crippen LogP contribution < -0.4 is 10.6 Å². The molecule has 2 N–H and O–H groups in total. The quantitative estimate of drug-likeness (QED) is 0.373. The highest BCUT2D eigenvalue weighted by atomic mass is 15.4. The Balaban J connectivity index is 1.20. The Bertz CT molecular complexity index is 1460. The Kier molecular flexibility index (Phi) is 7.26. The van der Waals surface area contributed by atoms with Crippen LogP contribution in [0.2, 0.25) is 0 Å². The Morgan fingerprint density at radius 2 is 1.90 bits per heavy atom. The second-order valence-electron chi connectivity index (χ2n) is 11.1. The molecular formula is C29H36N10. The number of rotatable bonds is 7. The van der Waals surface area contributed by atoms with Crippen molar-refractivity contribution < 1.29 is 0 Å². The molecule has 0 aromatic carbocycles. The molecule has 0 bridgehead atoms. The van der Waals surface area contributed by atoms with Gasteiger partial charge in [-0.2, -0.15) is 10.4 Å². The summed E-state index contributed by atoms with van der Waals surface area (Å²) in [5, 5.41) is 29.8. The summed E-state index contributed by atoms with van der Waals surface area (Å²) < 4.78 is 3.87. The van der Waals surface area contributed by atoms with Gasteiger partial charge in [0.1, 0.15) is 11.8 Å². The van der Waals surface area contributed by atoms with Crippen molar-refractivity contribution in [1.29, 1.82) is 5.26 Å². The predicted octanol–water partition coefficient (Wildman–Crippen LogP) is 3.98. The third-order valence-corrected chi connectivity index (χ3v) is 7.93. The van der Waals surface area contributed by atoms with Crippen LogP contribution in [-0.2, 0) is 0 Å². The Morgan fingerprint density at radius 1 is 1.08 bits per heavy atom. The smallest absolute Gasteiger partial charge is 0.116 e. The number of anilines is 1. The zero-order valence-corrected chi connectivity index (χ0v) is 22.7.